The van der Waals surface area contributed by atoms with E-state index >= 15 is 0 Å². The van der Waals surface area contributed by atoms with Gasteiger partial charge in [-0.25, -0.2) is 0 Å². The van der Waals surface area contributed by atoms with Crippen molar-refractivity contribution in [3.8, 4) is 6.07 Å². The second kappa shape index (κ2) is 6.67. The summed E-state index contributed by atoms with van der Waals surface area (Å²) < 4.78 is 0. The molecule has 0 amide bonds. The quantitative estimate of drug-likeness (QED) is 0.799. The predicted octanol–water partition coefficient (Wildman–Crippen LogP) is 3.26. The van der Waals surface area contributed by atoms with Crippen LogP contribution in [0.4, 0.5) is 0 Å². The van der Waals surface area contributed by atoms with Gasteiger partial charge >= 0.3 is 0 Å². The number of rotatable bonds is 3. The Kier molecular flexibility index (Phi) is 4.86. The van der Waals surface area contributed by atoms with Crippen molar-refractivity contribution in [2.24, 2.45) is 11.8 Å². The van der Waals surface area contributed by atoms with E-state index in [1.807, 2.05) is 0 Å². The zero-order chi connectivity index (χ0) is 14.8. The standard InChI is InChI=1S/C18H31N3/c1-3-5-15-7-8-16(11-19)18(10-15)21-13-17-6-4-9-20(17)12-14(21)2/h14-18H,3-10,12-13H2,1-2H3. The van der Waals surface area contributed by atoms with Crippen LogP contribution in [0.1, 0.15) is 58.8 Å². The first-order chi connectivity index (χ1) is 10.2. The Morgan fingerprint density at radius 2 is 2.05 bits per heavy atom. The second-order valence-corrected chi connectivity index (χ2v) is 7.61. The third-order valence-electron chi connectivity index (χ3n) is 6.20. The van der Waals surface area contributed by atoms with Crippen molar-refractivity contribution in [1.29, 1.82) is 5.26 Å². The molecule has 118 valence electrons. The molecule has 1 aliphatic carbocycles. The molecule has 0 aromatic heterocycles. The summed E-state index contributed by atoms with van der Waals surface area (Å²) in [7, 11) is 0. The number of hydrogen-bond acceptors (Lipinski definition) is 3. The van der Waals surface area contributed by atoms with E-state index in [4.69, 9.17) is 0 Å². The van der Waals surface area contributed by atoms with E-state index in [1.54, 1.807) is 0 Å². The lowest BCUT2D eigenvalue weighted by Gasteiger charge is -2.49. The SMILES string of the molecule is CCCC1CCC(C#N)C(N2CC3CCCN3CC2C)C1. The summed E-state index contributed by atoms with van der Waals surface area (Å²) in [6.45, 7) is 8.41. The fourth-order valence-electron chi connectivity index (χ4n) is 5.09. The minimum absolute atomic E-state index is 0.272. The largest absolute Gasteiger partial charge is 0.298 e. The maximum Gasteiger partial charge on any atom is 0.0672 e. The molecule has 3 aliphatic rings. The van der Waals surface area contributed by atoms with Crippen molar-refractivity contribution in [2.75, 3.05) is 19.6 Å². The first-order valence-electron chi connectivity index (χ1n) is 9.12. The Hall–Kier alpha value is -0.590. The first kappa shape index (κ1) is 15.3. The van der Waals surface area contributed by atoms with Gasteiger partial charge in [-0.1, -0.05) is 19.8 Å². The zero-order valence-corrected chi connectivity index (χ0v) is 13.8. The summed E-state index contributed by atoms with van der Waals surface area (Å²) in [6, 6.07) is 4.56. The van der Waals surface area contributed by atoms with Crippen molar-refractivity contribution < 1.29 is 0 Å². The van der Waals surface area contributed by atoms with Crippen LogP contribution in [0.3, 0.4) is 0 Å². The number of fused-ring (bicyclic) bond motifs is 1. The van der Waals surface area contributed by atoms with Crippen LogP contribution in [0.5, 0.6) is 0 Å². The van der Waals surface area contributed by atoms with Crippen molar-refractivity contribution >= 4 is 0 Å². The molecule has 3 fully saturated rings. The van der Waals surface area contributed by atoms with Gasteiger partial charge in [0.25, 0.3) is 0 Å². The van der Waals surface area contributed by atoms with Crippen LogP contribution >= 0.6 is 0 Å². The molecule has 2 heterocycles. The molecule has 5 atom stereocenters. The molecule has 3 heteroatoms. The normalized spacial score (nSPS) is 41.7. The Balaban J connectivity index is 1.71. The first-order valence-corrected chi connectivity index (χ1v) is 9.12. The molecule has 0 spiro atoms. The molecule has 1 saturated carbocycles. The summed E-state index contributed by atoms with van der Waals surface area (Å²) >= 11 is 0. The molecular formula is C18H31N3. The molecule has 21 heavy (non-hydrogen) atoms. The number of nitrogens with zero attached hydrogens (tertiary/aromatic N) is 3. The molecule has 0 aromatic rings. The van der Waals surface area contributed by atoms with Crippen molar-refractivity contribution in [2.45, 2.75) is 76.9 Å². The van der Waals surface area contributed by atoms with Gasteiger partial charge in [-0.05, 0) is 51.5 Å². The fraction of sp³-hybridized carbons (Fsp3) is 0.944. The summed E-state index contributed by atoms with van der Waals surface area (Å²) in [5.74, 6) is 1.13. The van der Waals surface area contributed by atoms with E-state index in [0.717, 1.165) is 18.4 Å². The number of piperazine rings is 1. The Morgan fingerprint density at radius 1 is 1.19 bits per heavy atom. The lowest BCUT2D eigenvalue weighted by Crippen LogP contribution is -2.60. The van der Waals surface area contributed by atoms with Crippen molar-refractivity contribution in [3.05, 3.63) is 0 Å². The highest BCUT2D eigenvalue weighted by Crippen LogP contribution is 2.37. The minimum Gasteiger partial charge on any atom is -0.298 e. The van der Waals surface area contributed by atoms with Crippen LogP contribution in [0.25, 0.3) is 0 Å². The van der Waals surface area contributed by atoms with Gasteiger partial charge in [0, 0.05) is 31.2 Å². The van der Waals surface area contributed by atoms with Gasteiger partial charge < -0.3 is 0 Å². The lowest BCUT2D eigenvalue weighted by atomic mass is 9.76. The Labute approximate surface area is 130 Å². The average molecular weight is 289 g/mol. The molecule has 0 aromatic carbocycles. The van der Waals surface area contributed by atoms with Gasteiger partial charge in [0.05, 0.1) is 12.0 Å². The van der Waals surface area contributed by atoms with Gasteiger partial charge in [-0.3, -0.25) is 9.80 Å². The van der Waals surface area contributed by atoms with Gasteiger partial charge in [0.15, 0.2) is 0 Å². The Bertz CT molecular complexity index is 388. The summed E-state index contributed by atoms with van der Waals surface area (Å²) in [5.41, 5.74) is 0. The molecule has 0 bridgehead atoms. The van der Waals surface area contributed by atoms with Gasteiger partial charge in [-0.2, -0.15) is 5.26 Å². The molecule has 0 radical (unpaired) electrons. The lowest BCUT2D eigenvalue weighted by molar-refractivity contribution is -0.00525. The molecular weight excluding hydrogens is 258 g/mol. The van der Waals surface area contributed by atoms with Crippen molar-refractivity contribution in [1.82, 2.24) is 9.80 Å². The number of hydrogen-bond donors (Lipinski definition) is 0. The third-order valence-corrected chi connectivity index (χ3v) is 6.20. The van der Waals surface area contributed by atoms with Crippen LogP contribution in [0, 0.1) is 23.2 Å². The monoisotopic (exact) mass is 289 g/mol. The molecule has 3 nitrogen and oxygen atoms in total. The fourth-order valence-corrected chi connectivity index (χ4v) is 5.09. The van der Waals surface area contributed by atoms with Crippen LogP contribution in [0.15, 0.2) is 0 Å². The van der Waals surface area contributed by atoms with Crippen LogP contribution < -0.4 is 0 Å². The Morgan fingerprint density at radius 3 is 2.81 bits per heavy atom. The molecule has 5 unspecified atom stereocenters. The molecule has 2 aliphatic heterocycles. The minimum atomic E-state index is 0.272. The van der Waals surface area contributed by atoms with Gasteiger partial charge in [0.1, 0.15) is 0 Å². The summed E-state index contributed by atoms with van der Waals surface area (Å²) in [5, 5.41) is 9.59. The maximum absolute atomic E-state index is 9.59. The van der Waals surface area contributed by atoms with E-state index in [9.17, 15) is 5.26 Å². The maximum atomic E-state index is 9.59. The van der Waals surface area contributed by atoms with E-state index < -0.39 is 0 Å². The molecule has 0 N–H and O–H groups in total. The van der Waals surface area contributed by atoms with Crippen molar-refractivity contribution in [3.63, 3.8) is 0 Å². The highest BCUT2D eigenvalue weighted by atomic mass is 15.3. The second-order valence-electron chi connectivity index (χ2n) is 7.61. The smallest absolute Gasteiger partial charge is 0.0672 e. The number of nitriles is 1. The molecule has 3 rings (SSSR count). The van der Waals surface area contributed by atoms with E-state index in [2.05, 4.69) is 29.7 Å². The topological polar surface area (TPSA) is 30.3 Å². The summed E-state index contributed by atoms with van der Waals surface area (Å²) in [4.78, 5) is 5.41. The average Bonchev–Trinajstić information content (AvgIpc) is 2.93. The van der Waals surface area contributed by atoms with Gasteiger partial charge in [-0.15, -0.1) is 0 Å². The predicted molar refractivity (Wildman–Crippen MR) is 85.9 cm³/mol. The van der Waals surface area contributed by atoms with E-state index in [-0.39, 0.29) is 5.92 Å². The van der Waals surface area contributed by atoms with Gasteiger partial charge in [0.2, 0.25) is 0 Å². The highest BCUT2D eigenvalue weighted by Gasteiger charge is 2.41. The highest BCUT2D eigenvalue weighted by molar-refractivity contribution is 5.02. The van der Waals surface area contributed by atoms with Crippen LogP contribution in [0.2, 0.25) is 0 Å². The van der Waals surface area contributed by atoms with Crippen LogP contribution in [-0.2, 0) is 0 Å². The zero-order valence-electron chi connectivity index (χ0n) is 13.8. The molecule has 2 saturated heterocycles. The third kappa shape index (κ3) is 3.12. The van der Waals surface area contributed by atoms with E-state index in [0.29, 0.717) is 12.1 Å². The summed E-state index contributed by atoms with van der Waals surface area (Å²) in [6.07, 6.45) is 9.06. The van der Waals surface area contributed by atoms with E-state index in [1.165, 1.54) is 58.2 Å². The van der Waals surface area contributed by atoms with Crippen LogP contribution in [-0.4, -0.2) is 47.6 Å².